The van der Waals surface area contributed by atoms with Gasteiger partial charge in [-0.1, -0.05) is 6.92 Å². The molecule has 0 amide bonds. The van der Waals surface area contributed by atoms with Crippen molar-refractivity contribution in [1.82, 2.24) is 9.97 Å². The van der Waals surface area contributed by atoms with E-state index in [-0.39, 0.29) is 5.54 Å². The van der Waals surface area contributed by atoms with Crippen LogP contribution in [0.3, 0.4) is 0 Å². The minimum absolute atomic E-state index is 0.298. The van der Waals surface area contributed by atoms with Gasteiger partial charge in [-0.15, -0.1) is 0 Å². The molecule has 1 heterocycles. The van der Waals surface area contributed by atoms with E-state index in [2.05, 4.69) is 32.8 Å². The summed E-state index contributed by atoms with van der Waals surface area (Å²) in [6, 6.07) is 0. The molecule has 0 bridgehead atoms. The molecule has 2 N–H and O–H groups in total. The zero-order valence-electron chi connectivity index (χ0n) is 8.91. The number of nitrogens with zero attached hydrogens (tertiary/aromatic N) is 2. The topological polar surface area (TPSA) is 51.8 Å². The predicted molar refractivity (Wildman–Crippen MR) is 63.2 cm³/mol. The van der Waals surface area contributed by atoms with Crippen molar-refractivity contribution >= 4 is 15.9 Å². The fraction of sp³-hybridized carbons (Fsp3) is 0.636. The molecule has 0 atom stereocenters. The maximum Gasteiger partial charge on any atom is 0.148 e. The Bertz CT molecular complexity index is 328. The van der Waals surface area contributed by atoms with Crippen LogP contribution in [0.25, 0.3) is 0 Å². The molecule has 0 aliphatic heterocycles. The second kappa shape index (κ2) is 4.18. The van der Waals surface area contributed by atoms with Gasteiger partial charge in [0, 0.05) is 12.4 Å². The zero-order valence-corrected chi connectivity index (χ0v) is 10.5. The molecule has 82 valence electrons. The van der Waals surface area contributed by atoms with E-state index in [1.807, 2.05) is 0 Å². The summed E-state index contributed by atoms with van der Waals surface area (Å²) in [5.41, 5.74) is 6.05. The third kappa shape index (κ3) is 2.37. The van der Waals surface area contributed by atoms with E-state index in [1.54, 1.807) is 12.4 Å². The van der Waals surface area contributed by atoms with E-state index in [0.29, 0.717) is 0 Å². The molecule has 0 unspecified atom stereocenters. The van der Waals surface area contributed by atoms with Gasteiger partial charge in [0.25, 0.3) is 0 Å². The Morgan fingerprint density at radius 1 is 1.33 bits per heavy atom. The fourth-order valence-electron chi connectivity index (χ4n) is 2.07. The van der Waals surface area contributed by atoms with Gasteiger partial charge in [-0.3, -0.25) is 0 Å². The van der Waals surface area contributed by atoms with Crippen molar-refractivity contribution in [3.63, 3.8) is 0 Å². The Labute approximate surface area is 98.6 Å². The molecule has 3 nitrogen and oxygen atoms in total. The van der Waals surface area contributed by atoms with Crippen LogP contribution in [0.15, 0.2) is 16.9 Å². The number of hydrogen-bond acceptors (Lipinski definition) is 3. The molecule has 1 fully saturated rings. The predicted octanol–water partition coefficient (Wildman–Crippen LogP) is 2.60. The molecule has 1 aliphatic carbocycles. The van der Waals surface area contributed by atoms with Gasteiger partial charge in [0.15, 0.2) is 0 Å². The van der Waals surface area contributed by atoms with Crippen LogP contribution >= 0.6 is 15.9 Å². The number of aromatic nitrogens is 2. The standard InChI is InChI=1S/C11H16BrN3/c1-8-2-4-11(13,5-3-8)10-14-6-9(12)7-15-10/h6-8H,2-5,13H2,1H3. The summed E-state index contributed by atoms with van der Waals surface area (Å²) in [5, 5.41) is 0. The highest BCUT2D eigenvalue weighted by molar-refractivity contribution is 9.10. The second-order valence-corrected chi connectivity index (χ2v) is 5.48. The van der Waals surface area contributed by atoms with E-state index in [1.165, 1.54) is 12.8 Å². The maximum absolute atomic E-state index is 6.35. The van der Waals surface area contributed by atoms with Gasteiger partial charge in [-0.25, -0.2) is 9.97 Å². The van der Waals surface area contributed by atoms with Crippen molar-refractivity contribution < 1.29 is 0 Å². The Balaban J connectivity index is 2.18. The largest absolute Gasteiger partial charge is 0.319 e. The summed E-state index contributed by atoms with van der Waals surface area (Å²) < 4.78 is 0.902. The molecule has 15 heavy (non-hydrogen) atoms. The minimum Gasteiger partial charge on any atom is -0.319 e. The van der Waals surface area contributed by atoms with Crippen molar-refractivity contribution in [3.8, 4) is 0 Å². The summed E-state index contributed by atoms with van der Waals surface area (Å²) >= 11 is 3.33. The average Bonchev–Trinajstić information content (AvgIpc) is 2.24. The van der Waals surface area contributed by atoms with E-state index >= 15 is 0 Å². The van der Waals surface area contributed by atoms with Crippen molar-refractivity contribution in [2.24, 2.45) is 11.7 Å². The van der Waals surface area contributed by atoms with Crippen LogP contribution in [0.5, 0.6) is 0 Å². The summed E-state index contributed by atoms with van der Waals surface area (Å²) in [5.74, 6) is 1.58. The summed E-state index contributed by atoms with van der Waals surface area (Å²) in [6.45, 7) is 2.28. The van der Waals surface area contributed by atoms with E-state index in [9.17, 15) is 0 Å². The van der Waals surface area contributed by atoms with Crippen LogP contribution in [0.2, 0.25) is 0 Å². The highest BCUT2D eigenvalue weighted by atomic mass is 79.9. The lowest BCUT2D eigenvalue weighted by molar-refractivity contribution is 0.237. The third-order valence-corrected chi connectivity index (χ3v) is 3.64. The summed E-state index contributed by atoms with van der Waals surface area (Å²) in [6.07, 6.45) is 7.89. The Hall–Kier alpha value is -0.480. The molecule has 2 rings (SSSR count). The van der Waals surface area contributed by atoms with E-state index in [0.717, 1.165) is 29.1 Å². The first-order valence-electron chi connectivity index (χ1n) is 5.37. The smallest absolute Gasteiger partial charge is 0.148 e. The molecule has 1 aromatic rings. The number of rotatable bonds is 1. The van der Waals surface area contributed by atoms with Crippen molar-refractivity contribution in [2.75, 3.05) is 0 Å². The highest BCUT2D eigenvalue weighted by Gasteiger charge is 2.34. The molecule has 1 saturated carbocycles. The number of halogens is 1. The summed E-state index contributed by atoms with van der Waals surface area (Å²) in [4.78, 5) is 8.63. The normalized spacial score (nSPS) is 31.5. The lowest BCUT2D eigenvalue weighted by Crippen LogP contribution is -2.41. The van der Waals surface area contributed by atoms with Gasteiger partial charge in [-0.2, -0.15) is 0 Å². The number of hydrogen-bond donors (Lipinski definition) is 1. The third-order valence-electron chi connectivity index (χ3n) is 3.23. The monoisotopic (exact) mass is 269 g/mol. The van der Waals surface area contributed by atoms with Crippen LogP contribution in [-0.2, 0) is 5.54 Å². The minimum atomic E-state index is -0.298. The van der Waals surface area contributed by atoms with E-state index < -0.39 is 0 Å². The molecular formula is C11H16BrN3. The highest BCUT2D eigenvalue weighted by Crippen LogP contribution is 2.35. The van der Waals surface area contributed by atoms with Crippen LogP contribution in [-0.4, -0.2) is 9.97 Å². The van der Waals surface area contributed by atoms with Gasteiger partial charge in [0.2, 0.25) is 0 Å². The summed E-state index contributed by atoms with van der Waals surface area (Å²) in [7, 11) is 0. The fourth-order valence-corrected chi connectivity index (χ4v) is 2.28. The van der Waals surface area contributed by atoms with Gasteiger partial charge in [0.05, 0.1) is 10.0 Å². The lowest BCUT2D eigenvalue weighted by atomic mass is 9.77. The first-order chi connectivity index (χ1) is 7.10. The van der Waals surface area contributed by atoms with Gasteiger partial charge >= 0.3 is 0 Å². The van der Waals surface area contributed by atoms with Crippen LogP contribution in [0, 0.1) is 5.92 Å². The average molecular weight is 270 g/mol. The molecule has 4 heteroatoms. The molecular weight excluding hydrogens is 254 g/mol. The first-order valence-corrected chi connectivity index (χ1v) is 6.16. The molecule has 0 aromatic carbocycles. The van der Waals surface area contributed by atoms with Crippen molar-refractivity contribution in [3.05, 3.63) is 22.7 Å². The Kier molecular flexibility index (Phi) is 3.07. The zero-order chi connectivity index (χ0) is 10.9. The van der Waals surface area contributed by atoms with Crippen molar-refractivity contribution in [2.45, 2.75) is 38.1 Å². The molecule has 0 saturated heterocycles. The van der Waals surface area contributed by atoms with Gasteiger partial charge < -0.3 is 5.73 Å². The molecule has 0 spiro atoms. The maximum atomic E-state index is 6.35. The van der Waals surface area contributed by atoms with E-state index in [4.69, 9.17) is 5.73 Å². The van der Waals surface area contributed by atoms with Crippen LogP contribution < -0.4 is 5.73 Å². The Morgan fingerprint density at radius 3 is 2.40 bits per heavy atom. The molecule has 1 aromatic heterocycles. The van der Waals surface area contributed by atoms with Crippen molar-refractivity contribution in [1.29, 1.82) is 0 Å². The van der Waals surface area contributed by atoms with Gasteiger partial charge in [0.1, 0.15) is 5.82 Å². The lowest BCUT2D eigenvalue weighted by Gasteiger charge is -2.34. The quantitative estimate of drug-likeness (QED) is 0.853. The van der Waals surface area contributed by atoms with Crippen LogP contribution in [0.1, 0.15) is 38.4 Å². The number of nitrogens with two attached hydrogens (primary N) is 1. The Morgan fingerprint density at radius 2 is 1.87 bits per heavy atom. The molecule has 1 aliphatic rings. The van der Waals surface area contributed by atoms with Crippen LogP contribution in [0.4, 0.5) is 0 Å². The SMILES string of the molecule is CC1CCC(N)(c2ncc(Br)cn2)CC1. The second-order valence-electron chi connectivity index (χ2n) is 4.56. The van der Waals surface area contributed by atoms with Gasteiger partial charge in [-0.05, 0) is 47.5 Å². The first kappa shape index (κ1) is 11.0. The molecule has 0 radical (unpaired) electrons.